The minimum Gasteiger partial charge on any atom is -0.308 e. The van der Waals surface area contributed by atoms with Crippen LogP contribution >= 0.6 is 0 Å². The van der Waals surface area contributed by atoms with Gasteiger partial charge in [0.1, 0.15) is 0 Å². The lowest BCUT2D eigenvalue weighted by Gasteiger charge is -2.52. The largest absolute Gasteiger partial charge is 0.390 e. The molecule has 0 aromatic rings. The van der Waals surface area contributed by atoms with Crippen LogP contribution in [0, 0.1) is 0 Å². The molecule has 2 unspecified atom stereocenters. The van der Waals surface area contributed by atoms with Gasteiger partial charge >= 0.3 is 6.18 Å². The minimum absolute atomic E-state index is 0.0692. The summed E-state index contributed by atoms with van der Waals surface area (Å²) in [6.07, 6.45) is -3.00. The van der Waals surface area contributed by atoms with E-state index in [1.165, 1.54) is 0 Å². The first-order chi connectivity index (χ1) is 8.14. The van der Waals surface area contributed by atoms with Gasteiger partial charge in [-0.2, -0.15) is 13.2 Å². The van der Waals surface area contributed by atoms with Gasteiger partial charge in [0.25, 0.3) is 0 Å². The van der Waals surface area contributed by atoms with Crippen molar-refractivity contribution in [2.75, 3.05) is 19.6 Å². The lowest BCUT2D eigenvalue weighted by atomic mass is 9.85. The summed E-state index contributed by atoms with van der Waals surface area (Å²) in [5.41, 5.74) is -0.236. The summed E-state index contributed by atoms with van der Waals surface area (Å²) in [7, 11) is 0. The zero-order valence-corrected chi connectivity index (χ0v) is 11.8. The normalized spacial score (nSPS) is 34.8. The number of piperazine rings is 1. The molecule has 0 aromatic heterocycles. The smallest absolute Gasteiger partial charge is 0.308 e. The Balaban J connectivity index is 2.73. The van der Waals surface area contributed by atoms with Crippen molar-refractivity contribution >= 4 is 0 Å². The molecule has 0 bridgehead atoms. The van der Waals surface area contributed by atoms with Gasteiger partial charge in [-0.3, -0.25) is 4.90 Å². The second kappa shape index (κ2) is 5.37. The van der Waals surface area contributed by atoms with E-state index in [9.17, 15) is 13.2 Å². The highest BCUT2D eigenvalue weighted by Crippen LogP contribution is 2.30. The number of nitrogens with one attached hydrogen (secondary N) is 1. The predicted octanol–water partition coefficient (Wildman–Crippen LogP) is 3.18. The predicted molar refractivity (Wildman–Crippen MR) is 67.6 cm³/mol. The zero-order chi connectivity index (χ0) is 14.0. The second-order valence-corrected chi connectivity index (χ2v) is 5.90. The third kappa shape index (κ3) is 3.85. The maximum absolute atomic E-state index is 12.4. The van der Waals surface area contributed by atoms with E-state index >= 15 is 0 Å². The maximum atomic E-state index is 12.4. The average Bonchev–Trinajstić information content (AvgIpc) is 2.30. The van der Waals surface area contributed by atoms with Gasteiger partial charge in [-0.25, -0.2) is 0 Å². The first kappa shape index (κ1) is 15.8. The third-order valence-corrected chi connectivity index (χ3v) is 4.41. The van der Waals surface area contributed by atoms with E-state index in [4.69, 9.17) is 0 Å². The van der Waals surface area contributed by atoms with Crippen LogP contribution < -0.4 is 5.32 Å². The molecule has 0 radical (unpaired) electrons. The lowest BCUT2D eigenvalue weighted by Crippen LogP contribution is -2.68. The topological polar surface area (TPSA) is 15.3 Å². The molecule has 18 heavy (non-hydrogen) atoms. The highest BCUT2D eigenvalue weighted by Gasteiger charge is 2.42. The summed E-state index contributed by atoms with van der Waals surface area (Å²) in [5.74, 6) is 0. The quantitative estimate of drug-likeness (QED) is 0.840. The molecule has 5 heteroatoms. The maximum Gasteiger partial charge on any atom is 0.390 e. The molecule has 1 saturated heterocycles. The molecular formula is C13H25F3N2. The van der Waals surface area contributed by atoms with E-state index < -0.39 is 12.6 Å². The van der Waals surface area contributed by atoms with Crippen molar-refractivity contribution in [1.29, 1.82) is 0 Å². The van der Waals surface area contributed by atoms with Crippen LogP contribution in [0.2, 0.25) is 0 Å². The van der Waals surface area contributed by atoms with Crippen LogP contribution in [0.25, 0.3) is 0 Å². The van der Waals surface area contributed by atoms with Crippen molar-refractivity contribution in [1.82, 2.24) is 10.2 Å². The molecule has 1 N–H and O–H groups in total. The molecule has 1 fully saturated rings. The summed E-state index contributed by atoms with van der Waals surface area (Å²) in [6, 6.07) is 0. The second-order valence-electron chi connectivity index (χ2n) is 5.90. The summed E-state index contributed by atoms with van der Waals surface area (Å²) in [5, 5.41) is 3.49. The summed E-state index contributed by atoms with van der Waals surface area (Å²) >= 11 is 0. The number of nitrogens with zero attached hydrogens (tertiary/aromatic N) is 1. The molecule has 1 rings (SSSR count). The van der Waals surface area contributed by atoms with Crippen LogP contribution in [0.1, 0.15) is 47.0 Å². The molecule has 1 aliphatic rings. The van der Waals surface area contributed by atoms with Crippen LogP contribution in [0.4, 0.5) is 13.2 Å². The Bertz CT molecular complexity index is 280. The highest BCUT2D eigenvalue weighted by molar-refractivity contribution is 5.00. The summed E-state index contributed by atoms with van der Waals surface area (Å²) < 4.78 is 37.2. The van der Waals surface area contributed by atoms with Gasteiger partial charge in [0.15, 0.2) is 0 Å². The average molecular weight is 266 g/mol. The van der Waals surface area contributed by atoms with Gasteiger partial charge in [0.2, 0.25) is 0 Å². The van der Waals surface area contributed by atoms with Crippen LogP contribution in [0.5, 0.6) is 0 Å². The van der Waals surface area contributed by atoms with Crippen molar-refractivity contribution in [3.8, 4) is 0 Å². The Morgan fingerprint density at radius 2 is 1.78 bits per heavy atom. The fourth-order valence-corrected chi connectivity index (χ4v) is 2.38. The van der Waals surface area contributed by atoms with Gasteiger partial charge in [0.05, 0.1) is 6.42 Å². The molecule has 0 aliphatic carbocycles. The van der Waals surface area contributed by atoms with Crippen molar-refractivity contribution in [2.24, 2.45) is 0 Å². The van der Waals surface area contributed by atoms with E-state index in [1.54, 1.807) is 0 Å². The van der Waals surface area contributed by atoms with Crippen molar-refractivity contribution in [2.45, 2.75) is 64.2 Å². The fourth-order valence-electron chi connectivity index (χ4n) is 2.38. The van der Waals surface area contributed by atoms with Crippen molar-refractivity contribution < 1.29 is 13.2 Å². The van der Waals surface area contributed by atoms with Crippen LogP contribution in [-0.4, -0.2) is 41.8 Å². The molecule has 1 aliphatic heterocycles. The number of alkyl halides is 3. The van der Waals surface area contributed by atoms with E-state index in [0.717, 1.165) is 19.4 Å². The van der Waals surface area contributed by atoms with E-state index in [0.29, 0.717) is 6.54 Å². The van der Waals surface area contributed by atoms with Crippen molar-refractivity contribution in [3.63, 3.8) is 0 Å². The van der Waals surface area contributed by atoms with Crippen LogP contribution in [0.15, 0.2) is 0 Å². The fraction of sp³-hybridized carbons (Fsp3) is 1.00. The van der Waals surface area contributed by atoms with Gasteiger partial charge in [-0.15, -0.1) is 0 Å². The Labute approximate surface area is 108 Å². The van der Waals surface area contributed by atoms with Crippen LogP contribution in [-0.2, 0) is 0 Å². The number of rotatable bonds is 4. The zero-order valence-electron chi connectivity index (χ0n) is 11.8. The standard InChI is InChI=1S/C13H25F3N2/c1-5-11(3)10-18(8-7-13(14,15)16)12(4,6-2)9-17-11/h17H,5-10H2,1-4H3. The molecule has 2 atom stereocenters. The lowest BCUT2D eigenvalue weighted by molar-refractivity contribution is -0.143. The Hall–Kier alpha value is -0.290. The SMILES string of the molecule is CCC1(C)CN(CCC(F)(F)F)C(C)(CC)CN1. The third-order valence-electron chi connectivity index (χ3n) is 4.41. The number of halogens is 3. The molecular weight excluding hydrogens is 241 g/mol. The monoisotopic (exact) mass is 266 g/mol. The van der Waals surface area contributed by atoms with E-state index in [-0.39, 0.29) is 17.6 Å². The van der Waals surface area contributed by atoms with Gasteiger partial charge in [-0.05, 0) is 26.7 Å². The van der Waals surface area contributed by atoms with Crippen LogP contribution in [0.3, 0.4) is 0 Å². The molecule has 2 nitrogen and oxygen atoms in total. The van der Waals surface area contributed by atoms with Crippen molar-refractivity contribution in [3.05, 3.63) is 0 Å². The van der Waals surface area contributed by atoms with E-state index in [2.05, 4.69) is 19.2 Å². The van der Waals surface area contributed by atoms with E-state index in [1.807, 2.05) is 18.7 Å². The number of hydrogen-bond donors (Lipinski definition) is 1. The molecule has 1 heterocycles. The molecule has 0 aromatic carbocycles. The van der Waals surface area contributed by atoms with Gasteiger partial charge < -0.3 is 5.32 Å². The summed E-state index contributed by atoms with van der Waals surface area (Å²) in [6.45, 7) is 9.79. The van der Waals surface area contributed by atoms with Gasteiger partial charge in [-0.1, -0.05) is 13.8 Å². The molecule has 0 saturated carbocycles. The Morgan fingerprint density at radius 3 is 2.22 bits per heavy atom. The number of hydrogen-bond acceptors (Lipinski definition) is 2. The molecule has 0 spiro atoms. The minimum atomic E-state index is -4.07. The first-order valence-corrected chi connectivity index (χ1v) is 6.71. The first-order valence-electron chi connectivity index (χ1n) is 6.71. The Kier molecular flexibility index (Phi) is 4.70. The molecule has 108 valence electrons. The van der Waals surface area contributed by atoms with Gasteiger partial charge in [0, 0.05) is 30.7 Å². The summed E-state index contributed by atoms with van der Waals surface area (Å²) in [4.78, 5) is 2.01. The Morgan fingerprint density at radius 1 is 1.17 bits per heavy atom. The molecule has 0 amide bonds. The highest BCUT2D eigenvalue weighted by atomic mass is 19.4.